The standard InChI is InChI=1S/C23H19F5N4O3/c1-13-11-31(12-29-13)16-3-4-17-20(33)30(6-7-32(17)21(16)34)8-9-35-18-5-2-15(24)14-10-22(25,26)23(27,28)19(14)18/h2-5,11-12H,6-10H2,1H3. The van der Waals surface area contributed by atoms with Crippen molar-refractivity contribution in [3.05, 3.63) is 75.5 Å². The first kappa shape index (κ1) is 23.1. The van der Waals surface area contributed by atoms with Crippen LogP contribution in [0.5, 0.6) is 5.75 Å². The van der Waals surface area contributed by atoms with Gasteiger partial charge >= 0.3 is 11.8 Å². The van der Waals surface area contributed by atoms with Crippen molar-refractivity contribution >= 4 is 5.91 Å². The number of pyridine rings is 1. The van der Waals surface area contributed by atoms with E-state index in [1.165, 1.54) is 27.9 Å². The van der Waals surface area contributed by atoms with E-state index in [0.29, 0.717) is 5.69 Å². The molecule has 3 aromatic rings. The molecule has 12 heteroatoms. The van der Waals surface area contributed by atoms with Crippen molar-refractivity contribution in [2.75, 3.05) is 19.7 Å². The number of halogens is 5. The fraction of sp³-hybridized carbons (Fsp3) is 0.348. The molecule has 35 heavy (non-hydrogen) atoms. The molecule has 0 radical (unpaired) electrons. The summed E-state index contributed by atoms with van der Waals surface area (Å²) >= 11 is 0. The van der Waals surface area contributed by atoms with Gasteiger partial charge in [0, 0.05) is 31.3 Å². The zero-order valence-corrected chi connectivity index (χ0v) is 18.4. The number of rotatable bonds is 5. The second-order valence-corrected chi connectivity index (χ2v) is 8.48. The third-order valence-corrected chi connectivity index (χ3v) is 6.25. The van der Waals surface area contributed by atoms with E-state index in [1.54, 1.807) is 17.7 Å². The second kappa shape index (κ2) is 7.92. The number of aryl methyl sites for hydroxylation is 1. The predicted octanol–water partition coefficient (Wildman–Crippen LogP) is 3.30. The summed E-state index contributed by atoms with van der Waals surface area (Å²) in [6, 6.07) is 4.71. The van der Waals surface area contributed by atoms with Crippen molar-refractivity contribution < 1.29 is 31.5 Å². The number of carbonyl (C=O) groups is 1. The van der Waals surface area contributed by atoms with Crippen molar-refractivity contribution in [3.63, 3.8) is 0 Å². The molecule has 0 spiro atoms. The third kappa shape index (κ3) is 3.58. The summed E-state index contributed by atoms with van der Waals surface area (Å²) < 4.78 is 78.3. The Hall–Kier alpha value is -3.70. The highest BCUT2D eigenvalue weighted by molar-refractivity contribution is 5.93. The van der Waals surface area contributed by atoms with E-state index in [1.807, 2.05) is 0 Å². The van der Waals surface area contributed by atoms with Crippen molar-refractivity contribution in [1.82, 2.24) is 19.0 Å². The molecule has 1 aromatic carbocycles. The highest BCUT2D eigenvalue weighted by Gasteiger charge is 2.65. The normalized spacial score (nSPS) is 17.9. The van der Waals surface area contributed by atoms with Crippen LogP contribution in [-0.4, -0.2) is 50.5 Å². The second-order valence-electron chi connectivity index (χ2n) is 8.48. The maximum absolute atomic E-state index is 14.3. The van der Waals surface area contributed by atoms with Gasteiger partial charge < -0.3 is 18.8 Å². The van der Waals surface area contributed by atoms with Crippen molar-refractivity contribution in [2.24, 2.45) is 0 Å². The summed E-state index contributed by atoms with van der Waals surface area (Å²) in [5, 5.41) is 0. The van der Waals surface area contributed by atoms with Crippen LogP contribution in [0.4, 0.5) is 22.0 Å². The Kier molecular flexibility index (Phi) is 5.22. The molecule has 0 atom stereocenters. The van der Waals surface area contributed by atoms with Gasteiger partial charge in [0.1, 0.15) is 29.6 Å². The number of ether oxygens (including phenoxy) is 1. The molecule has 1 aliphatic heterocycles. The molecule has 3 heterocycles. The number of carbonyl (C=O) groups excluding carboxylic acids is 1. The average molecular weight is 494 g/mol. The summed E-state index contributed by atoms with van der Waals surface area (Å²) in [6.07, 6.45) is 1.76. The first-order valence-corrected chi connectivity index (χ1v) is 10.8. The zero-order chi connectivity index (χ0) is 25.1. The minimum absolute atomic E-state index is 0.0520. The maximum Gasteiger partial charge on any atom is 0.339 e. The molecule has 5 rings (SSSR count). The lowest BCUT2D eigenvalue weighted by atomic mass is 10.1. The molecule has 1 amide bonds. The van der Waals surface area contributed by atoms with Crippen LogP contribution in [0.25, 0.3) is 5.69 Å². The molecular weight excluding hydrogens is 475 g/mol. The molecule has 0 saturated carbocycles. The Balaban J connectivity index is 1.32. The van der Waals surface area contributed by atoms with Gasteiger partial charge in [0.15, 0.2) is 0 Å². The van der Waals surface area contributed by atoms with Gasteiger partial charge in [-0.15, -0.1) is 0 Å². The molecule has 184 valence electrons. The molecule has 0 unspecified atom stereocenters. The van der Waals surface area contributed by atoms with E-state index < -0.39 is 46.9 Å². The van der Waals surface area contributed by atoms with Gasteiger partial charge in [-0.2, -0.15) is 17.6 Å². The van der Waals surface area contributed by atoms with E-state index in [0.717, 1.165) is 17.8 Å². The molecule has 1 aliphatic carbocycles. The van der Waals surface area contributed by atoms with Crippen LogP contribution in [-0.2, 0) is 18.9 Å². The first-order valence-electron chi connectivity index (χ1n) is 10.8. The number of alkyl halides is 4. The minimum Gasteiger partial charge on any atom is -0.491 e. The van der Waals surface area contributed by atoms with Gasteiger partial charge in [-0.05, 0) is 31.2 Å². The first-order chi connectivity index (χ1) is 16.5. The van der Waals surface area contributed by atoms with E-state index in [4.69, 9.17) is 4.74 Å². The fourth-order valence-corrected chi connectivity index (χ4v) is 4.44. The summed E-state index contributed by atoms with van der Waals surface area (Å²) in [6.45, 7) is 1.78. The van der Waals surface area contributed by atoms with Gasteiger partial charge in [-0.3, -0.25) is 9.59 Å². The number of hydrogen-bond donors (Lipinski definition) is 0. The molecule has 2 aromatic heterocycles. The molecule has 7 nitrogen and oxygen atoms in total. The smallest absolute Gasteiger partial charge is 0.339 e. The number of imidazole rings is 1. The van der Waals surface area contributed by atoms with Crippen LogP contribution in [0.1, 0.15) is 27.3 Å². The third-order valence-electron chi connectivity index (χ3n) is 6.25. The fourth-order valence-electron chi connectivity index (χ4n) is 4.44. The monoisotopic (exact) mass is 494 g/mol. The molecular formula is C23H19F5N4O3. The largest absolute Gasteiger partial charge is 0.491 e. The molecule has 0 N–H and O–H groups in total. The quantitative estimate of drug-likeness (QED) is 0.511. The number of hydrogen-bond acceptors (Lipinski definition) is 4. The Labute approximate surface area is 195 Å². The van der Waals surface area contributed by atoms with Crippen LogP contribution >= 0.6 is 0 Å². The predicted molar refractivity (Wildman–Crippen MR) is 113 cm³/mol. The van der Waals surface area contributed by atoms with E-state index in [2.05, 4.69) is 4.98 Å². The number of aromatic nitrogens is 3. The van der Waals surface area contributed by atoms with E-state index in [-0.39, 0.29) is 37.5 Å². The van der Waals surface area contributed by atoms with Crippen LogP contribution in [0.15, 0.2) is 41.6 Å². The Morgan fingerprint density at radius 2 is 1.86 bits per heavy atom. The molecule has 2 aliphatic rings. The van der Waals surface area contributed by atoms with Crippen LogP contribution in [0.3, 0.4) is 0 Å². The Morgan fingerprint density at radius 1 is 1.09 bits per heavy atom. The van der Waals surface area contributed by atoms with Gasteiger partial charge in [0.25, 0.3) is 11.5 Å². The minimum atomic E-state index is -4.58. The van der Waals surface area contributed by atoms with Crippen LogP contribution in [0, 0.1) is 12.7 Å². The number of fused-ring (bicyclic) bond motifs is 2. The highest BCUT2D eigenvalue weighted by Crippen LogP contribution is 2.55. The average Bonchev–Trinajstić information content (AvgIpc) is 3.30. The summed E-state index contributed by atoms with van der Waals surface area (Å²) in [7, 11) is 0. The summed E-state index contributed by atoms with van der Waals surface area (Å²) in [5.41, 5.74) is -1.09. The lowest BCUT2D eigenvalue weighted by molar-refractivity contribution is -0.203. The molecule has 0 fully saturated rings. The lowest BCUT2D eigenvalue weighted by Gasteiger charge is -2.30. The Morgan fingerprint density at radius 3 is 2.57 bits per heavy atom. The summed E-state index contributed by atoms with van der Waals surface area (Å²) in [4.78, 5) is 31.2. The SMILES string of the molecule is Cc1cn(-c2ccc3n(c2=O)CCN(CCOc2ccc(F)c4c2C(F)(F)C(F)(F)C4)C3=O)cn1. The van der Waals surface area contributed by atoms with Crippen LogP contribution < -0.4 is 10.3 Å². The molecule has 0 saturated heterocycles. The topological polar surface area (TPSA) is 69.4 Å². The Bertz CT molecular complexity index is 1400. The number of benzene rings is 1. The van der Waals surface area contributed by atoms with Gasteiger partial charge in [-0.1, -0.05) is 0 Å². The summed E-state index contributed by atoms with van der Waals surface area (Å²) in [5.74, 6) is -11.2. The number of amides is 1. The van der Waals surface area contributed by atoms with Crippen molar-refractivity contribution in [2.45, 2.75) is 31.7 Å². The van der Waals surface area contributed by atoms with Crippen molar-refractivity contribution in [3.8, 4) is 11.4 Å². The maximum atomic E-state index is 14.3. The van der Waals surface area contributed by atoms with Gasteiger partial charge in [0.05, 0.1) is 24.1 Å². The molecule has 0 bridgehead atoms. The van der Waals surface area contributed by atoms with Crippen LogP contribution in [0.2, 0.25) is 0 Å². The van der Waals surface area contributed by atoms with E-state index in [9.17, 15) is 31.5 Å². The van der Waals surface area contributed by atoms with E-state index >= 15 is 0 Å². The van der Waals surface area contributed by atoms with Gasteiger partial charge in [-0.25, -0.2) is 9.37 Å². The lowest BCUT2D eigenvalue weighted by Crippen LogP contribution is -2.46. The zero-order valence-electron chi connectivity index (χ0n) is 18.4. The van der Waals surface area contributed by atoms with Gasteiger partial charge in [0.2, 0.25) is 0 Å². The van der Waals surface area contributed by atoms with Crippen molar-refractivity contribution in [1.29, 1.82) is 0 Å². The highest BCUT2D eigenvalue weighted by atomic mass is 19.3. The number of nitrogens with zero attached hydrogens (tertiary/aromatic N) is 4.